The first kappa shape index (κ1) is 13.5. The monoisotopic (exact) mass is 237 g/mol. The van der Waals surface area contributed by atoms with Gasteiger partial charge in [0.05, 0.1) is 13.0 Å². The van der Waals surface area contributed by atoms with Crippen LogP contribution in [0.1, 0.15) is 17.9 Å². The third-order valence-electron chi connectivity index (χ3n) is 2.66. The summed E-state index contributed by atoms with van der Waals surface area (Å²) >= 11 is 0. The van der Waals surface area contributed by atoms with Crippen molar-refractivity contribution in [3.05, 3.63) is 29.8 Å². The molecule has 4 heteroatoms. The molecule has 0 heterocycles. The van der Waals surface area contributed by atoms with E-state index in [4.69, 9.17) is 4.74 Å². The Balaban J connectivity index is 2.85. The molecular weight excluding hydrogens is 218 g/mol. The van der Waals surface area contributed by atoms with E-state index in [0.29, 0.717) is 12.2 Å². The molecule has 0 fully saturated rings. The van der Waals surface area contributed by atoms with E-state index in [1.807, 2.05) is 37.2 Å². The number of carbonyl (C=O) groups is 1. The third kappa shape index (κ3) is 4.07. The maximum absolute atomic E-state index is 11.3. The molecule has 1 N–H and O–H groups in total. The van der Waals surface area contributed by atoms with E-state index in [1.54, 1.807) is 13.2 Å². The first-order valence-electron chi connectivity index (χ1n) is 5.56. The zero-order chi connectivity index (χ0) is 12.8. The summed E-state index contributed by atoms with van der Waals surface area (Å²) in [4.78, 5) is 13.2. The van der Waals surface area contributed by atoms with Crippen molar-refractivity contribution >= 4 is 5.97 Å². The number of rotatable bonds is 6. The van der Waals surface area contributed by atoms with Crippen molar-refractivity contribution in [3.8, 4) is 5.75 Å². The maximum atomic E-state index is 11.3. The second kappa shape index (κ2) is 6.25. The number of nitrogens with zero attached hydrogens (tertiary/aromatic N) is 1. The van der Waals surface area contributed by atoms with Gasteiger partial charge in [0, 0.05) is 0 Å². The fourth-order valence-corrected chi connectivity index (χ4v) is 1.68. The molecule has 1 atom stereocenters. The molecule has 0 saturated heterocycles. The van der Waals surface area contributed by atoms with Gasteiger partial charge in [-0.25, -0.2) is 0 Å². The van der Waals surface area contributed by atoms with E-state index in [2.05, 4.69) is 0 Å². The minimum absolute atomic E-state index is 0.479. The fraction of sp³-hybridized carbons (Fsp3) is 0.462. The zero-order valence-electron chi connectivity index (χ0n) is 10.5. The molecule has 0 bridgehead atoms. The van der Waals surface area contributed by atoms with Gasteiger partial charge in [0.2, 0.25) is 0 Å². The maximum Gasteiger partial charge on any atom is 0.311 e. The van der Waals surface area contributed by atoms with Gasteiger partial charge in [0.1, 0.15) is 5.75 Å². The predicted octanol–water partition coefficient (Wildman–Crippen LogP) is 1.82. The molecule has 94 valence electrons. The van der Waals surface area contributed by atoms with Crippen LogP contribution in [0.3, 0.4) is 0 Å². The Morgan fingerprint density at radius 1 is 1.47 bits per heavy atom. The lowest BCUT2D eigenvalue weighted by Crippen LogP contribution is -2.20. The number of aliphatic carboxylic acids is 1. The summed E-state index contributed by atoms with van der Waals surface area (Å²) in [6, 6.07) is 7.25. The lowest BCUT2D eigenvalue weighted by Gasteiger charge is -2.16. The third-order valence-corrected chi connectivity index (χ3v) is 2.66. The van der Waals surface area contributed by atoms with Crippen LogP contribution in [0.4, 0.5) is 0 Å². The van der Waals surface area contributed by atoms with Crippen molar-refractivity contribution in [1.29, 1.82) is 0 Å². The normalized spacial score (nSPS) is 12.5. The minimum Gasteiger partial charge on any atom is -0.497 e. The molecular formula is C13H19NO3. The fourth-order valence-electron chi connectivity index (χ4n) is 1.68. The Bertz CT molecular complexity index is 377. The van der Waals surface area contributed by atoms with E-state index in [0.717, 1.165) is 12.1 Å². The second-order valence-electron chi connectivity index (χ2n) is 4.26. The molecule has 1 aromatic rings. The van der Waals surface area contributed by atoms with Crippen LogP contribution in [0, 0.1) is 0 Å². The van der Waals surface area contributed by atoms with Crippen LogP contribution in [0.15, 0.2) is 24.3 Å². The van der Waals surface area contributed by atoms with Gasteiger partial charge in [-0.3, -0.25) is 4.79 Å². The standard InChI is InChI=1S/C13H19NO3/c1-14(2)8-7-12(13(15)16)10-5-4-6-11(9-10)17-3/h4-6,9,12H,7-8H2,1-3H3,(H,15,16)/t12-/m0/s1. The van der Waals surface area contributed by atoms with Crippen LogP contribution in [0.5, 0.6) is 5.75 Å². The number of ether oxygens (including phenoxy) is 1. The lowest BCUT2D eigenvalue weighted by molar-refractivity contribution is -0.139. The van der Waals surface area contributed by atoms with Crippen LogP contribution in [0.2, 0.25) is 0 Å². The zero-order valence-corrected chi connectivity index (χ0v) is 10.5. The van der Waals surface area contributed by atoms with Gasteiger partial charge in [-0.05, 0) is 44.8 Å². The van der Waals surface area contributed by atoms with Crippen LogP contribution >= 0.6 is 0 Å². The van der Waals surface area contributed by atoms with Crippen molar-refractivity contribution < 1.29 is 14.6 Å². The SMILES string of the molecule is COc1cccc([C@H](CCN(C)C)C(=O)O)c1. The molecule has 0 aliphatic carbocycles. The molecule has 1 rings (SSSR count). The molecule has 4 nitrogen and oxygen atoms in total. The Morgan fingerprint density at radius 2 is 2.18 bits per heavy atom. The number of carboxylic acids is 1. The summed E-state index contributed by atoms with van der Waals surface area (Å²) in [5, 5.41) is 9.24. The first-order chi connectivity index (χ1) is 8.04. The van der Waals surface area contributed by atoms with Crippen molar-refractivity contribution in [2.75, 3.05) is 27.7 Å². The molecule has 0 aliphatic rings. The summed E-state index contributed by atoms with van der Waals surface area (Å²) in [5.41, 5.74) is 0.790. The van der Waals surface area contributed by atoms with Crippen molar-refractivity contribution in [3.63, 3.8) is 0 Å². The topological polar surface area (TPSA) is 49.8 Å². The van der Waals surface area contributed by atoms with Gasteiger partial charge < -0.3 is 14.7 Å². The number of benzene rings is 1. The average Bonchev–Trinajstić information content (AvgIpc) is 2.28. The quantitative estimate of drug-likeness (QED) is 0.820. The van der Waals surface area contributed by atoms with E-state index in [1.165, 1.54) is 0 Å². The van der Waals surface area contributed by atoms with Crippen LogP contribution in [-0.4, -0.2) is 43.7 Å². The molecule has 0 unspecified atom stereocenters. The van der Waals surface area contributed by atoms with Crippen molar-refractivity contribution in [1.82, 2.24) is 4.90 Å². The van der Waals surface area contributed by atoms with E-state index >= 15 is 0 Å². The summed E-state index contributed by atoms with van der Waals surface area (Å²) in [6.45, 7) is 0.744. The molecule has 1 aromatic carbocycles. The predicted molar refractivity (Wildman–Crippen MR) is 66.5 cm³/mol. The summed E-state index contributed by atoms with van der Waals surface area (Å²) in [7, 11) is 5.45. The molecule has 0 aromatic heterocycles. The number of carboxylic acid groups (broad SMARTS) is 1. The highest BCUT2D eigenvalue weighted by Gasteiger charge is 2.20. The first-order valence-corrected chi connectivity index (χ1v) is 5.56. The highest BCUT2D eigenvalue weighted by molar-refractivity contribution is 5.76. The Morgan fingerprint density at radius 3 is 2.71 bits per heavy atom. The van der Waals surface area contributed by atoms with Gasteiger partial charge >= 0.3 is 5.97 Å². The van der Waals surface area contributed by atoms with E-state index in [9.17, 15) is 9.90 Å². The molecule has 0 aliphatic heterocycles. The number of hydrogen-bond donors (Lipinski definition) is 1. The average molecular weight is 237 g/mol. The summed E-state index contributed by atoms with van der Waals surface area (Å²) < 4.78 is 5.11. The number of hydrogen-bond acceptors (Lipinski definition) is 3. The molecule has 0 radical (unpaired) electrons. The lowest BCUT2D eigenvalue weighted by atomic mass is 9.95. The second-order valence-corrected chi connectivity index (χ2v) is 4.26. The van der Waals surface area contributed by atoms with Gasteiger partial charge in [0.15, 0.2) is 0 Å². The summed E-state index contributed by atoms with van der Waals surface area (Å²) in [6.07, 6.45) is 0.593. The van der Waals surface area contributed by atoms with Gasteiger partial charge in [-0.15, -0.1) is 0 Å². The van der Waals surface area contributed by atoms with E-state index < -0.39 is 11.9 Å². The Labute approximate surface area is 102 Å². The van der Waals surface area contributed by atoms with Crippen LogP contribution in [-0.2, 0) is 4.79 Å². The Kier molecular flexibility index (Phi) is 4.97. The van der Waals surface area contributed by atoms with Crippen LogP contribution in [0.25, 0.3) is 0 Å². The van der Waals surface area contributed by atoms with Gasteiger partial charge in [0.25, 0.3) is 0 Å². The van der Waals surface area contributed by atoms with Gasteiger partial charge in [-0.1, -0.05) is 12.1 Å². The van der Waals surface area contributed by atoms with E-state index in [-0.39, 0.29) is 0 Å². The molecule has 17 heavy (non-hydrogen) atoms. The van der Waals surface area contributed by atoms with Crippen molar-refractivity contribution in [2.24, 2.45) is 0 Å². The smallest absolute Gasteiger partial charge is 0.311 e. The largest absolute Gasteiger partial charge is 0.497 e. The van der Waals surface area contributed by atoms with Crippen LogP contribution < -0.4 is 4.74 Å². The molecule has 0 spiro atoms. The highest BCUT2D eigenvalue weighted by Crippen LogP contribution is 2.24. The number of methoxy groups -OCH3 is 1. The summed E-state index contributed by atoms with van der Waals surface area (Å²) in [5.74, 6) is -0.578. The molecule has 0 saturated carbocycles. The minimum atomic E-state index is -0.792. The van der Waals surface area contributed by atoms with Crippen molar-refractivity contribution in [2.45, 2.75) is 12.3 Å². The van der Waals surface area contributed by atoms with Gasteiger partial charge in [-0.2, -0.15) is 0 Å². The highest BCUT2D eigenvalue weighted by atomic mass is 16.5. The Hall–Kier alpha value is -1.55. The molecule has 0 amide bonds.